The van der Waals surface area contributed by atoms with Crippen LogP contribution in [0.25, 0.3) is 0 Å². The smallest absolute Gasteiger partial charge is 0.338 e. The van der Waals surface area contributed by atoms with Crippen LogP contribution < -0.4 is 0 Å². The number of fused-ring (bicyclic) bond motifs is 1. The van der Waals surface area contributed by atoms with E-state index in [1.54, 1.807) is 6.08 Å². The van der Waals surface area contributed by atoms with Crippen LogP contribution in [0.4, 0.5) is 0 Å². The number of nitrogens with zero attached hydrogens (tertiary/aromatic N) is 3. The third kappa shape index (κ3) is 4.77. The van der Waals surface area contributed by atoms with E-state index in [9.17, 15) is 9.59 Å². The summed E-state index contributed by atoms with van der Waals surface area (Å²) in [5, 5.41) is 2.74. The Bertz CT molecular complexity index is 1070. The first-order chi connectivity index (χ1) is 15.9. The van der Waals surface area contributed by atoms with Crippen LogP contribution in [0.3, 0.4) is 0 Å². The first-order valence-corrected chi connectivity index (χ1v) is 11.9. The normalized spacial score (nSPS) is 20.3. The number of hydrogen-bond donors (Lipinski definition) is 0. The van der Waals surface area contributed by atoms with Gasteiger partial charge in [0.1, 0.15) is 6.61 Å². The van der Waals surface area contributed by atoms with Gasteiger partial charge in [0.25, 0.3) is 0 Å². The molecule has 7 nitrogen and oxygen atoms in total. The Morgan fingerprint density at radius 3 is 2.76 bits per heavy atom. The maximum atomic E-state index is 13.2. The number of aliphatic imine (C=N–C) groups is 1. The van der Waals surface area contributed by atoms with Crippen LogP contribution in [-0.4, -0.2) is 59.8 Å². The molecule has 0 aliphatic carbocycles. The summed E-state index contributed by atoms with van der Waals surface area (Å²) in [6.07, 6.45) is 1.79. The third-order valence-electron chi connectivity index (χ3n) is 5.98. The van der Waals surface area contributed by atoms with Crippen LogP contribution in [0.1, 0.15) is 36.1 Å². The van der Waals surface area contributed by atoms with Crippen LogP contribution in [0, 0.1) is 13.8 Å². The molecule has 1 amide bonds. The van der Waals surface area contributed by atoms with E-state index in [0.717, 1.165) is 27.6 Å². The van der Waals surface area contributed by atoms with Gasteiger partial charge >= 0.3 is 5.97 Å². The minimum atomic E-state index is -0.423. The molecular formula is C25H29N3O4S. The molecule has 0 spiro atoms. The van der Waals surface area contributed by atoms with Gasteiger partial charge in [0.05, 0.1) is 36.9 Å². The van der Waals surface area contributed by atoms with Crippen molar-refractivity contribution >= 4 is 28.8 Å². The SMILES string of the molecule is C=CCOC(=O)C1=C(C)N=C2SC=C(CC(=O)N3CCOCC3)N2C1c1cc(C)ccc1C. The van der Waals surface area contributed by atoms with Crippen LogP contribution in [0.15, 0.2) is 58.2 Å². The fourth-order valence-corrected chi connectivity index (χ4v) is 5.24. The van der Waals surface area contributed by atoms with Gasteiger partial charge in [-0.3, -0.25) is 4.79 Å². The van der Waals surface area contributed by atoms with Crippen LogP contribution >= 0.6 is 11.8 Å². The van der Waals surface area contributed by atoms with E-state index in [2.05, 4.69) is 24.8 Å². The van der Waals surface area contributed by atoms with E-state index in [1.165, 1.54) is 11.8 Å². The average Bonchev–Trinajstić information content (AvgIpc) is 3.20. The molecule has 33 heavy (non-hydrogen) atoms. The van der Waals surface area contributed by atoms with E-state index in [1.807, 2.05) is 36.0 Å². The van der Waals surface area contributed by atoms with Gasteiger partial charge in [-0.1, -0.05) is 48.2 Å². The molecule has 3 heterocycles. The number of amidine groups is 1. The van der Waals surface area contributed by atoms with Crippen LogP contribution in [0.5, 0.6) is 0 Å². The van der Waals surface area contributed by atoms with E-state index < -0.39 is 12.0 Å². The number of benzene rings is 1. The van der Waals surface area contributed by atoms with Crippen molar-refractivity contribution in [2.24, 2.45) is 4.99 Å². The number of esters is 1. The minimum absolute atomic E-state index is 0.0492. The fourth-order valence-electron chi connectivity index (χ4n) is 4.27. The van der Waals surface area contributed by atoms with Gasteiger partial charge in [-0.15, -0.1) is 0 Å². The Morgan fingerprint density at radius 2 is 2.03 bits per heavy atom. The van der Waals surface area contributed by atoms with Gasteiger partial charge in [0, 0.05) is 18.8 Å². The van der Waals surface area contributed by atoms with Gasteiger partial charge < -0.3 is 19.3 Å². The Labute approximate surface area is 198 Å². The van der Waals surface area contributed by atoms with Crippen molar-refractivity contribution in [3.05, 3.63) is 69.9 Å². The highest BCUT2D eigenvalue weighted by Crippen LogP contribution is 2.45. The number of amides is 1. The first kappa shape index (κ1) is 23.3. The Hall–Kier alpha value is -2.84. The molecule has 1 aromatic rings. The first-order valence-electron chi connectivity index (χ1n) is 11.1. The number of thioether (sulfide) groups is 1. The summed E-state index contributed by atoms with van der Waals surface area (Å²) >= 11 is 1.48. The molecule has 0 bridgehead atoms. The number of aryl methyl sites for hydroxylation is 2. The Balaban J connectivity index is 1.73. The fraction of sp³-hybridized carbons (Fsp3) is 0.400. The monoisotopic (exact) mass is 467 g/mol. The van der Waals surface area contributed by atoms with E-state index in [-0.39, 0.29) is 18.9 Å². The molecule has 1 fully saturated rings. The number of rotatable bonds is 6. The highest BCUT2D eigenvalue weighted by atomic mass is 32.2. The maximum Gasteiger partial charge on any atom is 0.338 e. The standard InChI is InChI=1S/C25H29N3O4S/c1-5-10-32-24(30)22-18(4)26-25-28(23(22)20-13-16(2)6-7-17(20)3)19(15-33-25)14-21(29)27-8-11-31-12-9-27/h5-7,13,15,23H,1,8-12,14H2,2-4H3. The van der Waals surface area contributed by atoms with Crippen molar-refractivity contribution in [2.75, 3.05) is 32.9 Å². The maximum absolute atomic E-state index is 13.2. The van der Waals surface area contributed by atoms with Crippen molar-refractivity contribution in [2.45, 2.75) is 33.2 Å². The number of ether oxygens (including phenoxy) is 2. The molecule has 1 aromatic carbocycles. The Morgan fingerprint density at radius 1 is 1.27 bits per heavy atom. The molecule has 3 aliphatic rings. The van der Waals surface area contributed by atoms with Crippen LogP contribution in [0.2, 0.25) is 0 Å². The van der Waals surface area contributed by atoms with Gasteiger partial charge in [0.2, 0.25) is 5.91 Å². The zero-order valence-electron chi connectivity index (χ0n) is 19.3. The van der Waals surface area contributed by atoms with E-state index >= 15 is 0 Å². The predicted octanol–water partition coefficient (Wildman–Crippen LogP) is 3.86. The molecule has 1 saturated heterocycles. The summed E-state index contributed by atoms with van der Waals surface area (Å²) in [6.45, 7) is 12.0. The zero-order valence-corrected chi connectivity index (χ0v) is 20.1. The summed E-state index contributed by atoms with van der Waals surface area (Å²) in [6, 6.07) is 5.79. The summed E-state index contributed by atoms with van der Waals surface area (Å²) in [7, 11) is 0. The number of carbonyl (C=O) groups excluding carboxylic acids is 2. The second-order valence-electron chi connectivity index (χ2n) is 8.31. The van der Waals surface area contributed by atoms with Crippen molar-refractivity contribution in [3.63, 3.8) is 0 Å². The van der Waals surface area contributed by atoms with Gasteiger partial charge in [-0.05, 0) is 37.3 Å². The topological polar surface area (TPSA) is 71.4 Å². The summed E-state index contributed by atoms with van der Waals surface area (Å²) in [5.74, 6) is -0.370. The number of hydrogen-bond acceptors (Lipinski definition) is 7. The summed E-state index contributed by atoms with van der Waals surface area (Å²) in [4.78, 5) is 34.8. The van der Waals surface area contributed by atoms with E-state index in [4.69, 9.17) is 14.5 Å². The van der Waals surface area contributed by atoms with Crippen molar-refractivity contribution in [3.8, 4) is 0 Å². The van der Waals surface area contributed by atoms with Gasteiger partial charge in [0.15, 0.2) is 5.17 Å². The quantitative estimate of drug-likeness (QED) is 0.467. The van der Waals surface area contributed by atoms with Crippen molar-refractivity contribution < 1.29 is 19.1 Å². The lowest BCUT2D eigenvalue weighted by Gasteiger charge is -2.37. The Kier molecular flexibility index (Phi) is 7.05. The largest absolute Gasteiger partial charge is 0.458 e. The lowest BCUT2D eigenvalue weighted by Crippen LogP contribution is -2.42. The second-order valence-corrected chi connectivity index (χ2v) is 9.15. The molecule has 4 rings (SSSR count). The molecule has 1 atom stereocenters. The van der Waals surface area contributed by atoms with Gasteiger partial charge in [-0.2, -0.15) is 0 Å². The number of allylic oxidation sites excluding steroid dienone is 1. The second kappa shape index (κ2) is 9.97. The highest BCUT2D eigenvalue weighted by molar-refractivity contribution is 8.16. The van der Waals surface area contributed by atoms with Crippen LogP contribution in [-0.2, 0) is 19.1 Å². The molecule has 1 unspecified atom stereocenters. The van der Waals surface area contributed by atoms with Crippen molar-refractivity contribution in [1.82, 2.24) is 9.80 Å². The summed E-state index contributed by atoms with van der Waals surface area (Å²) < 4.78 is 10.8. The predicted molar refractivity (Wildman–Crippen MR) is 129 cm³/mol. The lowest BCUT2D eigenvalue weighted by molar-refractivity contribution is -0.138. The van der Waals surface area contributed by atoms with Gasteiger partial charge in [-0.25, -0.2) is 9.79 Å². The molecule has 0 radical (unpaired) electrons. The zero-order chi connectivity index (χ0) is 23.5. The molecule has 3 aliphatic heterocycles. The van der Waals surface area contributed by atoms with E-state index in [0.29, 0.717) is 37.6 Å². The molecule has 0 saturated carbocycles. The highest BCUT2D eigenvalue weighted by Gasteiger charge is 2.42. The number of morpholine rings is 1. The molecule has 0 N–H and O–H groups in total. The van der Waals surface area contributed by atoms with Crippen molar-refractivity contribution in [1.29, 1.82) is 0 Å². The number of carbonyl (C=O) groups is 2. The molecule has 174 valence electrons. The summed E-state index contributed by atoms with van der Waals surface area (Å²) in [5.41, 5.74) is 5.11. The third-order valence-corrected chi connectivity index (χ3v) is 6.87. The molecule has 8 heteroatoms. The average molecular weight is 468 g/mol. The molecule has 0 aromatic heterocycles. The molecular weight excluding hydrogens is 438 g/mol. The minimum Gasteiger partial charge on any atom is -0.458 e. The lowest BCUT2D eigenvalue weighted by atomic mass is 9.90.